The lowest BCUT2D eigenvalue weighted by molar-refractivity contribution is 0.217. The molecule has 2 heterocycles. The molecule has 0 radical (unpaired) electrons. The van der Waals surface area contributed by atoms with Crippen LogP contribution in [-0.4, -0.2) is 28.6 Å². The largest absolute Gasteiger partial charge is 0.496 e. The molecule has 1 aromatic carbocycles. The molecule has 3 rings (SSSR count). The molecule has 1 aliphatic heterocycles. The normalized spacial score (nSPS) is 15.9. The SMILES string of the molecule is CNC(C1=CCCO1)c1cnn(-c2ccccc2)n1. The van der Waals surface area contributed by atoms with Gasteiger partial charge in [-0.05, 0) is 25.3 Å². The van der Waals surface area contributed by atoms with Crippen LogP contribution < -0.4 is 5.32 Å². The van der Waals surface area contributed by atoms with Crippen LogP contribution in [0.15, 0.2) is 48.4 Å². The van der Waals surface area contributed by atoms with Crippen molar-refractivity contribution in [2.24, 2.45) is 0 Å². The minimum Gasteiger partial charge on any atom is -0.496 e. The van der Waals surface area contributed by atoms with Crippen LogP contribution in [0.5, 0.6) is 0 Å². The van der Waals surface area contributed by atoms with E-state index in [4.69, 9.17) is 4.74 Å². The Bertz CT molecular complexity index is 576. The van der Waals surface area contributed by atoms with E-state index in [-0.39, 0.29) is 6.04 Å². The van der Waals surface area contributed by atoms with Crippen molar-refractivity contribution in [3.63, 3.8) is 0 Å². The van der Waals surface area contributed by atoms with Gasteiger partial charge in [0.15, 0.2) is 0 Å². The average Bonchev–Trinajstić information content (AvgIpc) is 3.12. The van der Waals surface area contributed by atoms with Crippen molar-refractivity contribution in [2.45, 2.75) is 12.5 Å². The standard InChI is InChI=1S/C14H16N4O/c1-15-14(13-8-5-9-19-13)12-10-16-18(17-12)11-6-3-2-4-7-11/h2-4,6-8,10,14-15H,5,9H2,1H3. The molecule has 1 aliphatic rings. The van der Waals surface area contributed by atoms with E-state index in [1.165, 1.54) is 0 Å². The maximum Gasteiger partial charge on any atom is 0.115 e. The third kappa shape index (κ3) is 2.37. The molecule has 19 heavy (non-hydrogen) atoms. The second-order valence-electron chi connectivity index (χ2n) is 4.36. The van der Waals surface area contributed by atoms with Crippen molar-refractivity contribution in [3.8, 4) is 5.69 Å². The number of benzene rings is 1. The van der Waals surface area contributed by atoms with E-state index in [1.54, 1.807) is 11.0 Å². The lowest BCUT2D eigenvalue weighted by Crippen LogP contribution is -2.19. The van der Waals surface area contributed by atoms with E-state index >= 15 is 0 Å². The Balaban J connectivity index is 1.88. The van der Waals surface area contributed by atoms with Gasteiger partial charge in [0.1, 0.15) is 17.5 Å². The second kappa shape index (κ2) is 5.24. The third-order valence-electron chi connectivity index (χ3n) is 3.10. The van der Waals surface area contributed by atoms with Crippen molar-refractivity contribution in [2.75, 3.05) is 13.7 Å². The zero-order valence-electron chi connectivity index (χ0n) is 10.8. The van der Waals surface area contributed by atoms with Crippen LogP contribution in [0.3, 0.4) is 0 Å². The maximum atomic E-state index is 5.60. The van der Waals surface area contributed by atoms with Crippen LogP contribution in [0.25, 0.3) is 5.69 Å². The first-order chi connectivity index (χ1) is 9.38. The number of nitrogens with one attached hydrogen (secondary N) is 1. The summed E-state index contributed by atoms with van der Waals surface area (Å²) in [5.41, 5.74) is 1.81. The van der Waals surface area contributed by atoms with Gasteiger partial charge < -0.3 is 10.1 Å². The fourth-order valence-electron chi connectivity index (χ4n) is 2.17. The highest BCUT2D eigenvalue weighted by atomic mass is 16.5. The maximum absolute atomic E-state index is 5.60. The summed E-state index contributed by atoms with van der Waals surface area (Å²) < 4.78 is 5.60. The van der Waals surface area contributed by atoms with Crippen molar-refractivity contribution >= 4 is 0 Å². The van der Waals surface area contributed by atoms with Crippen molar-refractivity contribution in [1.82, 2.24) is 20.3 Å². The summed E-state index contributed by atoms with van der Waals surface area (Å²) in [4.78, 5) is 1.63. The predicted octanol–water partition coefficient (Wildman–Crippen LogP) is 1.83. The Morgan fingerprint density at radius 3 is 2.84 bits per heavy atom. The highest BCUT2D eigenvalue weighted by Crippen LogP contribution is 2.24. The van der Waals surface area contributed by atoms with E-state index < -0.39 is 0 Å². The molecule has 1 unspecified atom stereocenters. The molecule has 0 aliphatic carbocycles. The minimum atomic E-state index is -0.0278. The number of nitrogens with zero attached hydrogens (tertiary/aromatic N) is 3. The van der Waals surface area contributed by atoms with Gasteiger partial charge in [0.2, 0.25) is 0 Å². The molecule has 0 saturated carbocycles. The monoisotopic (exact) mass is 256 g/mol. The summed E-state index contributed by atoms with van der Waals surface area (Å²) in [5, 5.41) is 12.0. The lowest BCUT2D eigenvalue weighted by atomic mass is 10.2. The molecule has 0 saturated heterocycles. The van der Waals surface area contributed by atoms with Crippen molar-refractivity contribution in [1.29, 1.82) is 0 Å². The molecule has 2 aromatic rings. The van der Waals surface area contributed by atoms with Gasteiger partial charge in [-0.25, -0.2) is 0 Å². The smallest absolute Gasteiger partial charge is 0.115 e. The fraction of sp³-hybridized carbons (Fsp3) is 0.286. The predicted molar refractivity (Wildman–Crippen MR) is 71.8 cm³/mol. The molecule has 1 N–H and O–H groups in total. The first-order valence-electron chi connectivity index (χ1n) is 6.36. The fourth-order valence-corrected chi connectivity index (χ4v) is 2.17. The summed E-state index contributed by atoms with van der Waals surface area (Å²) in [6.07, 6.45) is 4.83. The van der Waals surface area contributed by atoms with Crippen LogP contribution in [0.1, 0.15) is 18.2 Å². The Labute approximate surface area is 111 Å². The highest BCUT2D eigenvalue weighted by Gasteiger charge is 2.22. The summed E-state index contributed by atoms with van der Waals surface area (Å²) in [6, 6.07) is 9.83. The van der Waals surface area contributed by atoms with Gasteiger partial charge in [0.05, 0.1) is 18.5 Å². The quantitative estimate of drug-likeness (QED) is 0.906. The van der Waals surface area contributed by atoms with E-state index in [2.05, 4.69) is 21.6 Å². The molecule has 1 aromatic heterocycles. The Morgan fingerprint density at radius 1 is 1.32 bits per heavy atom. The zero-order chi connectivity index (χ0) is 13.1. The van der Waals surface area contributed by atoms with Crippen LogP contribution in [0.2, 0.25) is 0 Å². The Morgan fingerprint density at radius 2 is 2.16 bits per heavy atom. The zero-order valence-corrected chi connectivity index (χ0v) is 10.8. The van der Waals surface area contributed by atoms with Crippen molar-refractivity contribution < 1.29 is 4.74 Å². The molecule has 98 valence electrons. The first-order valence-corrected chi connectivity index (χ1v) is 6.36. The van der Waals surface area contributed by atoms with Gasteiger partial charge in [0, 0.05) is 6.42 Å². The van der Waals surface area contributed by atoms with Crippen LogP contribution in [0, 0.1) is 0 Å². The van der Waals surface area contributed by atoms with Gasteiger partial charge in [0.25, 0.3) is 0 Å². The molecule has 5 nitrogen and oxygen atoms in total. The van der Waals surface area contributed by atoms with Gasteiger partial charge in [-0.1, -0.05) is 18.2 Å². The molecule has 1 atom stereocenters. The third-order valence-corrected chi connectivity index (χ3v) is 3.10. The molecule has 0 amide bonds. The number of likely N-dealkylation sites (N-methyl/N-ethyl adjacent to an activating group) is 1. The Kier molecular flexibility index (Phi) is 3.29. The lowest BCUT2D eigenvalue weighted by Gasteiger charge is -2.14. The number of hydrogen-bond acceptors (Lipinski definition) is 4. The summed E-state index contributed by atoms with van der Waals surface area (Å²) in [7, 11) is 1.90. The average molecular weight is 256 g/mol. The molecule has 5 heteroatoms. The van der Waals surface area contributed by atoms with Gasteiger partial charge in [-0.15, -0.1) is 0 Å². The number of rotatable bonds is 4. The summed E-state index contributed by atoms with van der Waals surface area (Å²) in [5.74, 6) is 0.933. The topological polar surface area (TPSA) is 52.0 Å². The van der Waals surface area contributed by atoms with E-state index in [9.17, 15) is 0 Å². The van der Waals surface area contributed by atoms with Gasteiger partial charge in [-0.3, -0.25) is 0 Å². The van der Waals surface area contributed by atoms with Crippen LogP contribution in [0.4, 0.5) is 0 Å². The number of ether oxygens (including phenoxy) is 1. The minimum absolute atomic E-state index is 0.0278. The molecule has 0 bridgehead atoms. The number of para-hydroxylation sites is 1. The second-order valence-corrected chi connectivity index (χ2v) is 4.36. The molecule has 0 fully saturated rings. The first kappa shape index (κ1) is 11.9. The number of aromatic nitrogens is 3. The molecule has 0 spiro atoms. The number of hydrogen-bond donors (Lipinski definition) is 1. The Hall–Kier alpha value is -2.14. The van der Waals surface area contributed by atoms with Gasteiger partial charge >= 0.3 is 0 Å². The van der Waals surface area contributed by atoms with Gasteiger partial charge in [-0.2, -0.15) is 15.0 Å². The van der Waals surface area contributed by atoms with Crippen LogP contribution in [-0.2, 0) is 4.74 Å². The van der Waals surface area contributed by atoms with E-state index in [0.717, 1.165) is 30.2 Å². The summed E-state index contributed by atoms with van der Waals surface area (Å²) in [6.45, 7) is 0.750. The molecular weight excluding hydrogens is 240 g/mol. The highest BCUT2D eigenvalue weighted by molar-refractivity contribution is 5.29. The van der Waals surface area contributed by atoms with Crippen molar-refractivity contribution in [3.05, 3.63) is 54.1 Å². The van der Waals surface area contributed by atoms with E-state index in [1.807, 2.05) is 37.4 Å². The van der Waals surface area contributed by atoms with E-state index in [0.29, 0.717) is 0 Å². The molecular formula is C14H16N4O. The summed E-state index contributed by atoms with van der Waals surface area (Å²) >= 11 is 0. The van der Waals surface area contributed by atoms with Crippen LogP contribution >= 0.6 is 0 Å².